The number of carbonyl (C=O) groups excluding carboxylic acids is 1. The van der Waals surface area contributed by atoms with E-state index in [1.54, 1.807) is 24.4 Å². The molecule has 0 unspecified atom stereocenters. The molecule has 6 heteroatoms. The Bertz CT molecular complexity index is 615. The second-order valence-electron chi connectivity index (χ2n) is 4.01. The topological polar surface area (TPSA) is 80.9 Å². The van der Waals surface area contributed by atoms with Gasteiger partial charge in [0.15, 0.2) is 0 Å². The molecule has 0 spiro atoms. The van der Waals surface area contributed by atoms with E-state index in [-0.39, 0.29) is 0 Å². The van der Waals surface area contributed by atoms with Crippen LogP contribution in [0.4, 0.5) is 5.69 Å². The van der Waals surface area contributed by atoms with Crippen molar-refractivity contribution in [2.24, 2.45) is 5.73 Å². The van der Waals surface area contributed by atoms with E-state index in [0.29, 0.717) is 23.0 Å². The number of aromatic nitrogens is 2. The summed E-state index contributed by atoms with van der Waals surface area (Å²) < 4.78 is 0. The molecular formula is C13H13ClN4O. The third-order valence-corrected chi connectivity index (χ3v) is 2.87. The van der Waals surface area contributed by atoms with Crippen LogP contribution in [0.3, 0.4) is 0 Å². The van der Waals surface area contributed by atoms with Gasteiger partial charge < -0.3 is 11.1 Å². The third kappa shape index (κ3) is 3.42. The molecular weight excluding hydrogens is 264 g/mol. The average molecular weight is 277 g/mol. The highest BCUT2D eigenvalue weighted by atomic mass is 35.5. The standard InChI is InChI=1S/C13H13ClN4O/c1-8-16-5-4-10(18-8)7-17-9-2-3-12(14)11(6-9)13(15)19/h2-6,17H,7H2,1H3,(H2,15,19). The zero-order valence-corrected chi connectivity index (χ0v) is 11.1. The van der Waals surface area contributed by atoms with Crippen LogP contribution in [0.25, 0.3) is 0 Å². The van der Waals surface area contributed by atoms with Gasteiger partial charge in [-0.2, -0.15) is 0 Å². The molecule has 0 saturated carbocycles. The molecule has 2 aromatic rings. The lowest BCUT2D eigenvalue weighted by atomic mass is 10.2. The SMILES string of the molecule is Cc1nccc(CNc2ccc(Cl)c(C(N)=O)c2)n1. The Morgan fingerprint density at radius 2 is 2.21 bits per heavy atom. The molecule has 5 nitrogen and oxygen atoms in total. The van der Waals surface area contributed by atoms with Crippen LogP contribution in [-0.2, 0) is 6.54 Å². The van der Waals surface area contributed by atoms with Crippen LogP contribution in [0.5, 0.6) is 0 Å². The Labute approximate surface area is 115 Å². The Morgan fingerprint density at radius 1 is 1.42 bits per heavy atom. The van der Waals surface area contributed by atoms with Crippen molar-refractivity contribution in [2.45, 2.75) is 13.5 Å². The summed E-state index contributed by atoms with van der Waals surface area (Å²) in [6, 6.07) is 6.86. The molecule has 19 heavy (non-hydrogen) atoms. The van der Waals surface area contributed by atoms with Crippen molar-refractivity contribution >= 4 is 23.2 Å². The second kappa shape index (κ2) is 5.67. The molecule has 0 radical (unpaired) electrons. The number of rotatable bonds is 4. The van der Waals surface area contributed by atoms with Crippen molar-refractivity contribution in [2.75, 3.05) is 5.32 Å². The molecule has 0 fully saturated rings. The van der Waals surface area contributed by atoms with Gasteiger partial charge in [0.05, 0.1) is 22.8 Å². The molecule has 1 amide bonds. The van der Waals surface area contributed by atoms with E-state index in [1.807, 2.05) is 13.0 Å². The minimum absolute atomic E-state index is 0.297. The van der Waals surface area contributed by atoms with E-state index in [2.05, 4.69) is 15.3 Å². The normalized spacial score (nSPS) is 10.2. The summed E-state index contributed by atoms with van der Waals surface area (Å²) in [5.41, 5.74) is 7.16. The fourth-order valence-electron chi connectivity index (χ4n) is 1.62. The molecule has 1 heterocycles. The fourth-order valence-corrected chi connectivity index (χ4v) is 1.83. The number of primary amides is 1. The molecule has 98 valence electrons. The van der Waals surface area contributed by atoms with Crippen molar-refractivity contribution < 1.29 is 4.79 Å². The van der Waals surface area contributed by atoms with Gasteiger partial charge in [0, 0.05) is 11.9 Å². The van der Waals surface area contributed by atoms with Gasteiger partial charge in [0.2, 0.25) is 5.91 Å². The lowest BCUT2D eigenvalue weighted by Crippen LogP contribution is -2.12. The van der Waals surface area contributed by atoms with Crippen LogP contribution >= 0.6 is 11.6 Å². The first-order valence-electron chi connectivity index (χ1n) is 5.68. The Balaban J connectivity index is 2.12. The number of carbonyl (C=O) groups is 1. The number of benzene rings is 1. The average Bonchev–Trinajstić information content (AvgIpc) is 2.37. The Kier molecular flexibility index (Phi) is 3.97. The van der Waals surface area contributed by atoms with Crippen molar-refractivity contribution in [3.63, 3.8) is 0 Å². The molecule has 1 aromatic heterocycles. The number of hydrogen-bond acceptors (Lipinski definition) is 4. The molecule has 0 atom stereocenters. The number of nitrogens with one attached hydrogen (secondary N) is 1. The molecule has 0 aliphatic carbocycles. The van der Waals surface area contributed by atoms with E-state index >= 15 is 0 Å². The third-order valence-electron chi connectivity index (χ3n) is 2.54. The summed E-state index contributed by atoms with van der Waals surface area (Å²) in [4.78, 5) is 19.5. The largest absolute Gasteiger partial charge is 0.379 e. The highest BCUT2D eigenvalue weighted by molar-refractivity contribution is 6.33. The maximum atomic E-state index is 11.2. The molecule has 0 aliphatic heterocycles. The van der Waals surface area contributed by atoms with E-state index in [0.717, 1.165) is 11.4 Å². The quantitative estimate of drug-likeness (QED) is 0.896. The predicted molar refractivity (Wildman–Crippen MR) is 74.1 cm³/mol. The van der Waals surface area contributed by atoms with Gasteiger partial charge in [-0.05, 0) is 31.2 Å². The van der Waals surface area contributed by atoms with Gasteiger partial charge >= 0.3 is 0 Å². The van der Waals surface area contributed by atoms with Gasteiger partial charge in [-0.15, -0.1) is 0 Å². The maximum absolute atomic E-state index is 11.2. The fraction of sp³-hybridized carbons (Fsp3) is 0.154. The summed E-state index contributed by atoms with van der Waals surface area (Å²) in [5.74, 6) is 0.166. The molecule has 0 saturated heterocycles. The molecule has 2 rings (SSSR count). The first-order chi connectivity index (χ1) is 9.06. The van der Waals surface area contributed by atoms with Gasteiger partial charge in [-0.1, -0.05) is 11.6 Å². The number of nitrogens with two attached hydrogens (primary N) is 1. The zero-order valence-electron chi connectivity index (χ0n) is 10.4. The molecule has 3 N–H and O–H groups in total. The molecule has 0 bridgehead atoms. The summed E-state index contributed by atoms with van der Waals surface area (Å²) in [7, 11) is 0. The Hall–Kier alpha value is -2.14. The van der Waals surface area contributed by atoms with Crippen molar-refractivity contribution in [1.82, 2.24) is 9.97 Å². The summed E-state index contributed by atoms with van der Waals surface area (Å²) >= 11 is 5.88. The lowest BCUT2D eigenvalue weighted by molar-refractivity contribution is 0.100. The van der Waals surface area contributed by atoms with Crippen LogP contribution in [0, 0.1) is 6.92 Å². The van der Waals surface area contributed by atoms with Crippen LogP contribution in [-0.4, -0.2) is 15.9 Å². The maximum Gasteiger partial charge on any atom is 0.250 e. The van der Waals surface area contributed by atoms with Gasteiger partial charge in [0.1, 0.15) is 5.82 Å². The number of aryl methyl sites for hydroxylation is 1. The summed E-state index contributed by atoms with van der Waals surface area (Å²) in [6.45, 7) is 2.36. The zero-order chi connectivity index (χ0) is 13.8. The first-order valence-corrected chi connectivity index (χ1v) is 6.06. The van der Waals surface area contributed by atoms with Crippen LogP contribution in [0.2, 0.25) is 5.02 Å². The minimum atomic E-state index is -0.550. The van der Waals surface area contributed by atoms with Crippen LogP contribution < -0.4 is 11.1 Å². The smallest absolute Gasteiger partial charge is 0.250 e. The van der Waals surface area contributed by atoms with E-state index in [9.17, 15) is 4.79 Å². The summed E-state index contributed by atoms with van der Waals surface area (Å²) in [6.07, 6.45) is 1.70. The number of halogens is 1. The number of hydrogen-bond donors (Lipinski definition) is 2. The van der Waals surface area contributed by atoms with E-state index < -0.39 is 5.91 Å². The highest BCUT2D eigenvalue weighted by Gasteiger charge is 2.07. The van der Waals surface area contributed by atoms with E-state index in [1.165, 1.54) is 0 Å². The Morgan fingerprint density at radius 3 is 2.89 bits per heavy atom. The van der Waals surface area contributed by atoms with Crippen LogP contribution in [0.15, 0.2) is 30.5 Å². The predicted octanol–water partition coefficient (Wildman–Crippen LogP) is 2.15. The highest BCUT2D eigenvalue weighted by Crippen LogP contribution is 2.20. The lowest BCUT2D eigenvalue weighted by Gasteiger charge is -2.08. The summed E-state index contributed by atoms with van der Waals surface area (Å²) in [5, 5.41) is 3.50. The molecule has 1 aromatic carbocycles. The number of anilines is 1. The van der Waals surface area contributed by atoms with Gasteiger partial charge in [0.25, 0.3) is 0 Å². The van der Waals surface area contributed by atoms with E-state index in [4.69, 9.17) is 17.3 Å². The van der Waals surface area contributed by atoms with Crippen molar-refractivity contribution in [1.29, 1.82) is 0 Å². The number of nitrogens with zero attached hydrogens (tertiary/aromatic N) is 2. The molecule has 0 aliphatic rings. The van der Waals surface area contributed by atoms with Crippen LogP contribution in [0.1, 0.15) is 21.9 Å². The van der Waals surface area contributed by atoms with Gasteiger partial charge in [-0.25, -0.2) is 9.97 Å². The first kappa shape index (κ1) is 13.3. The van der Waals surface area contributed by atoms with Crippen molar-refractivity contribution in [3.05, 3.63) is 52.6 Å². The van der Waals surface area contributed by atoms with Gasteiger partial charge in [-0.3, -0.25) is 4.79 Å². The second-order valence-corrected chi connectivity index (χ2v) is 4.41. The monoisotopic (exact) mass is 276 g/mol. The number of amides is 1. The minimum Gasteiger partial charge on any atom is -0.379 e. The van der Waals surface area contributed by atoms with Crippen molar-refractivity contribution in [3.8, 4) is 0 Å².